The monoisotopic (exact) mass is 416 g/mol. The zero-order valence-corrected chi connectivity index (χ0v) is 16.7. The largest absolute Gasteiger partial charge is 0.466 e. The summed E-state index contributed by atoms with van der Waals surface area (Å²) in [5.74, 6) is -1.76. The Kier molecular flexibility index (Phi) is 5.23. The van der Waals surface area contributed by atoms with Gasteiger partial charge in [0.2, 0.25) is 5.95 Å². The van der Waals surface area contributed by atoms with Gasteiger partial charge in [0, 0.05) is 25.7 Å². The van der Waals surface area contributed by atoms with E-state index >= 15 is 0 Å². The second-order valence-electron chi connectivity index (χ2n) is 7.19. The van der Waals surface area contributed by atoms with Crippen molar-refractivity contribution in [1.29, 1.82) is 0 Å². The SMILES string of the molecule is CCOC(=O)C1CCN(c2nc(-c3cccc(F)c3F)c3c(N)n(C)nc3n2)CC1. The molecule has 1 aliphatic heterocycles. The molecule has 0 amide bonds. The summed E-state index contributed by atoms with van der Waals surface area (Å²) in [5, 5.41) is 4.67. The van der Waals surface area contributed by atoms with E-state index in [0.29, 0.717) is 49.5 Å². The third-order valence-electron chi connectivity index (χ3n) is 5.33. The summed E-state index contributed by atoms with van der Waals surface area (Å²) in [4.78, 5) is 22.9. The molecule has 1 saturated heterocycles. The Labute approximate surface area is 171 Å². The Bertz CT molecular complexity index is 1110. The number of aromatic nitrogens is 4. The first kappa shape index (κ1) is 20.0. The van der Waals surface area contributed by atoms with Crippen LogP contribution in [0.5, 0.6) is 0 Å². The average molecular weight is 416 g/mol. The molecule has 0 aliphatic carbocycles. The number of hydrogen-bond acceptors (Lipinski definition) is 7. The minimum Gasteiger partial charge on any atom is -0.466 e. The predicted octanol–water partition coefficient (Wildman–Crippen LogP) is 2.67. The molecule has 2 N–H and O–H groups in total. The van der Waals surface area contributed by atoms with Crippen molar-refractivity contribution in [1.82, 2.24) is 19.7 Å². The van der Waals surface area contributed by atoms with Crippen LogP contribution in [0.3, 0.4) is 0 Å². The van der Waals surface area contributed by atoms with Gasteiger partial charge in [-0.3, -0.25) is 9.48 Å². The number of nitrogens with zero attached hydrogens (tertiary/aromatic N) is 5. The number of aryl methyl sites for hydroxylation is 1. The summed E-state index contributed by atoms with van der Waals surface area (Å²) in [6, 6.07) is 3.91. The number of carbonyl (C=O) groups excluding carboxylic acids is 1. The fourth-order valence-corrected chi connectivity index (χ4v) is 3.70. The summed E-state index contributed by atoms with van der Waals surface area (Å²) < 4.78 is 35.0. The lowest BCUT2D eigenvalue weighted by Crippen LogP contribution is -2.38. The van der Waals surface area contributed by atoms with Gasteiger partial charge in [0.25, 0.3) is 0 Å². The van der Waals surface area contributed by atoms with Crippen LogP contribution in [0.4, 0.5) is 20.5 Å². The highest BCUT2D eigenvalue weighted by atomic mass is 19.2. The van der Waals surface area contributed by atoms with Gasteiger partial charge in [-0.25, -0.2) is 13.8 Å². The molecule has 3 aromatic rings. The lowest BCUT2D eigenvalue weighted by molar-refractivity contribution is -0.148. The quantitative estimate of drug-likeness (QED) is 0.653. The van der Waals surface area contributed by atoms with Crippen molar-refractivity contribution in [2.45, 2.75) is 19.8 Å². The molecule has 3 heterocycles. The third-order valence-corrected chi connectivity index (χ3v) is 5.33. The summed E-state index contributed by atoms with van der Waals surface area (Å²) in [5.41, 5.74) is 6.59. The number of fused-ring (bicyclic) bond motifs is 1. The molecule has 30 heavy (non-hydrogen) atoms. The maximum atomic E-state index is 14.6. The Balaban J connectivity index is 1.74. The summed E-state index contributed by atoms with van der Waals surface area (Å²) >= 11 is 0. The van der Waals surface area contributed by atoms with Crippen LogP contribution in [-0.4, -0.2) is 45.4 Å². The van der Waals surface area contributed by atoms with Gasteiger partial charge in [0.05, 0.1) is 23.6 Å². The lowest BCUT2D eigenvalue weighted by atomic mass is 9.97. The van der Waals surface area contributed by atoms with E-state index < -0.39 is 11.6 Å². The van der Waals surface area contributed by atoms with E-state index in [1.165, 1.54) is 16.8 Å². The normalized spacial score (nSPS) is 15.0. The minimum atomic E-state index is -1.01. The predicted molar refractivity (Wildman–Crippen MR) is 108 cm³/mol. The number of piperidine rings is 1. The van der Waals surface area contributed by atoms with E-state index in [2.05, 4.69) is 15.1 Å². The van der Waals surface area contributed by atoms with Crippen molar-refractivity contribution in [3.05, 3.63) is 29.8 Å². The van der Waals surface area contributed by atoms with Crippen LogP contribution in [0.1, 0.15) is 19.8 Å². The van der Waals surface area contributed by atoms with Crippen LogP contribution in [0.2, 0.25) is 0 Å². The highest BCUT2D eigenvalue weighted by molar-refractivity contribution is 5.99. The van der Waals surface area contributed by atoms with Crippen LogP contribution in [0, 0.1) is 17.6 Å². The van der Waals surface area contributed by atoms with Crippen molar-refractivity contribution >= 4 is 28.8 Å². The first-order chi connectivity index (χ1) is 14.4. The Morgan fingerprint density at radius 2 is 2.00 bits per heavy atom. The molecular formula is C20H22F2N6O2. The Hall–Kier alpha value is -3.30. The van der Waals surface area contributed by atoms with Crippen LogP contribution >= 0.6 is 0 Å². The number of esters is 1. The molecule has 0 unspecified atom stereocenters. The Morgan fingerprint density at radius 3 is 2.70 bits per heavy atom. The maximum absolute atomic E-state index is 14.6. The molecule has 158 valence electrons. The summed E-state index contributed by atoms with van der Waals surface area (Å²) in [7, 11) is 1.65. The zero-order valence-electron chi connectivity index (χ0n) is 16.7. The van der Waals surface area contributed by atoms with E-state index in [4.69, 9.17) is 10.5 Å². The molecule has 8 nitrogen and oxygen atoms in total. The van der Waals surface area contributed by atoms with E-state index in [9.17, 15) is 13.6 Å². The molecule has 0 radical (unpaired) electrons. The number of nitrogen functional groups attached to an aromatic ring is 1. The number of halogens is 2. The molecule has 1 aromatic carbocycles. The topological polar surface area (TPSA) is 99.2 Å². The number of anilines is 2. The molecule has 0 atom stereocenters. The van der Waals surface area contributed by atoms with Gasteiger partial charge in [-0.2, -0.15) is 10.1 Å². The second-order valence-corrected chi connectivity index (χ2v) is 7.19. The second kappa shape index (κ2) is 7.85. The number of nitrogens with two attached hydrogens (primary N) is 1. The maximum Gasteiger partial charge on any atom is 0.309 e. The molecule has 4 rings (SSSR count). The first-order valence-corrected chi connectivity index (χ1v) is 9.76. The van der Waals surface area contributed by atoms with Crippen molar-refractivity contribution in [3.8, 4) is 11.3 Å². The molecule has 0 saturated carbocycles. The average Bonchev–Trinajstić information content (AvgIpc) is 3.03. The van der Waals surface area contributed by atoms with Gasteiger partial charge in [-0.15, -0.1) is 0 Å². The van der Waals surface area contributed by atoms with Gasteiger partial charge >= 0.3 is 5.97 Å². The van der Waals surface area contributed by atoms with Crippen LogP contribution < -0.4 is 10.6 Å². The smallest absolute Gasteiger partial charge is 0.309 e. The number of carbonyl (C=O) groups is 1. The van der Waals surface area contributed by atoms with Gasteiger partial charge < -0.3 is 15.4 Å². The van der Waals surface area contributed by atoms with Gasteiger partial charge in [0.15, 0.2) is 17.3 Å². The van der Waals surface area contributed by atoms with Crippen molar-refractivity contribution in [2.75, 3.05) is 30.3 Å². The molecule has 1 fully saturated rings. The fourth-order valence-electron chi connectivity index (χ4n) is 3.70. The van der Waals surface area contributed by atoms with E-state index in [1.54, 1.807) is 14.0 Å². The summed E-state index contributed by atoms with van der Waals surface area (Å²) in [6.07, 6.45) is 1.18. The zero-order chi connectivity index (χ0) is 21.4. The highest BCUT2D eigenvalue weighted by Crippen LogP contribution is 2.34. The highest BCUT2D eigenvalue weighted by Gasteiger charge is 2.29. The van der Waals surface area contributed by atoms with E-state index in [1.807, 2.05) is 4.90 Å². The van der Waals surface area contributed by atoms with Crippen LogP contribution in [-0.2, 0) is 16.6 Å². The van der Waals surface area contributed by atoms with Crippen molar-refractivity contribution in [2.24, 2.45) is 13.0 Å². The van der Waals surface area contributed by atoms with E-state index in [0.717, 1.165) is 6.07 Å². The number of benzene rings is 1. The molecule has 2 aromatic heterocycles. The van der Waals surface area contributed by atoms with Gasteiger partial charge in [0.1, 0.15) is 5.82 Å². The fraction of sp³-hybridized carbons (Fsp3) is 0.400. The lowest BCUT2D eigenvalue weighted by Gasteiger charge is -2.31. The molecule has 0 bridgehead atoms. The van der Waals surface area contributed by atoms with E-state index in [-0.39, 0.29) is 29.0 Å². The molecule has 1 aliphatic rings. The Morgan fingerprint density at radius 1 is 1.27 bits per heavy atom. The van der Waals surface area contributed by atoms with Crippen LogP contribution in [0.25, 0.3) is 22.3 Å². The number of hydrogen-bond donors (Lipinski definition) is 1. The standard InChI is InChI=1S/C20H22F2N6O2/c1-3-30-19(29)11-7-9-28(10-8-11)20-24-16(12-5-4-6-13(21)15(12)22)14-17(23)27(2)26-18(14)25-20/h4-6,11H,3,7-10,23H2,1-2H3. The van der Waals surface area contributed by atoms with Crippen molar-refractivity contribution in [3.63, 3.8) is 0 Å². The molecular weight excluding hydrogens is 394 g/mol. The third kappa shape index (κ3) is 3.42. The molecule has 10 heteroatoms. The van der Waals surface area contributed by atoms with Crippen molar-refractivity contribution < 1.29 is 18.3 Å². The number of ether oxygens (including phenoxy) is 1. The molecule has 0 spiro atoms. The van der Waals surface area contributed by atoms with Crippen LogP contribution in [0.15, 0.2) is 18.2 Å². The minimum absolute atomic E-state index is 0.00948. The first-order valence-electron chi connectivity index (χ1n) is 9.76. The van der Waals surface area contributed by atoms with Gasteiger partial charge in [-0.1, -0.05) is 6.07 Å². The number of rotatable bonds is 4. The van der Waals surface area contributed by atoms with Gasteiger partial charge in [-0.05, 0) is 31.9 Å². The summed E-state index contributed by atoms with van der Waals surface area (Å²) in [6.45, 7) is 3.19.